The molecule has 4 nitrogen and oxygen atoms in total. The Morgan fingerprint density at radius 3 is 3.07 bits per heavy atom. The average Bonchev–Trinajstić information content (AvgIpc) is 2.65. The lowest BCUT2D eigenvalue weighted by Gasteiger charge is -2.03. The number of fused-ring (bicyclic) bond motifs is 1. The van der Waals surface area contributed by atoms with Gasteiger partial charge in [-0.15, -0.1) is 0 Å². The van der Waals surface area contributed by atoms with E-state index in [4.69, 9.17) is 5.73 Å². The third kappa shape index (κ3) is 2.16. The molecule has 1 aromatic carbocycles. The second-order valence-corrected chi connectivity index (χ2v) is 3.43. The maximum absolute atomic E-state index is 10.6. The second-order valence-electron chi connectivity index (χ2n) is 3.43. The highest BCUT2D eigenvalue weighted by atomic mass is 16.1. The van der Waals surface area contributed by atoms with E-state index in [0.29, 0.717) is 6.54 Å². The van der Waals surface area contributed by atoms with Gasteiger partial charge >= 0.3 is 0 Å². The largest absolute Gasteiger partial charge is 0.369 e. The van der Waals surface area contributed by atoms with Crippen molar-refractivity contribution in [1.82, 2.24) is 10.3 Å². The molecule has 0 radical (unpaired) electrons. The first-order valence-corrected chi connectivity index (χ1v) is 4.81. The fourth-order valence-electron chi connectivity index (χ4n) is 1.63. The molecule has 1 heterocycles. The zero-order valence-corrected chi connectivity index (χ0v) is 8.29. The number of hydrogen-bond donors (Lipinski definition) is 3. The lowest BCUT2D eigenvalue weighted by molar-refractivity contribution is -0.117. The van der Waals surface area contributed by atoms with Crippen LogP contribution in [0.2, 0.25) is 0 Å². The highest BCUT2D eigenvalue weighted by molar-refractivity contribution is 5.83. The summed E-state index contributed by atoms with van der Waals surface area (Å²) in [6, 6.07) is 8.06. The highest BCUT2D eigenvalue weighted by Crippen LogP contribution is 2.16. The lowest BCUT2D eigenvalue weighted by Crippen LogP contribution is -2.28. The third-order valence-electron chi connectivity index (χ3n) is 2.30. The number of amides is 1. The van der Waals surface area contributed by atoms with Gasteiger partial charge in [-0.05, 0) is 17.7 Å². The summed E-state index contributed by atoms with van der Waals surface area (Å²) in [6.07, 6.45) is 1.91. The first-order valence-electron chi connectivity index (χ1n) is 4.81. The molecular weight excluding hydrogens is 190 g/mol. The van der Waals surface area contributed by atoms with Crippen molar-refractivity contribution < 1.29 is 4.79 Å². The molecule has 78 valence electrons. The molecule has 1 amide bonds. The Balaban J connectivity index is 2.13. The molecule has 0 aliphatic rings. The van der Waals surface area contributed by atoms with Gasteiger partial charge in [-0.25, -0.2) is 0 Å². The molecule has 1 aromatic heterocycles. The van der Waals surface area contributed by atoms with Gasteiger partial charge in [-0.1, -0.05) is 12.1 Å². The fraction of sp³-hybridized carbons (Fsp3) is 0.182. The van der Waals surface area contributed by atoms with Crippen LogP contribution in [0.15, 0.2) is 30.5 Å². The standard InChI is InChI=1S/C11H13N3O/c12-11(15)7-13-6-8-2-1-3-10-9(8)4-5-14-10/h1-5,13-14H,6-7H2,(H2,12,15). The van der Waals surface area contributed by atoms with Gasteiger partial charge in [0.15, 0.2) is 0 Å². The van der Waals surface area contributed by atoms with E-state index in [-0.39, 0.29) is 12.5 Å². The Hall–Kier alpha value is -1.81. The summed E-state index contributed by atoms with van der Waals surface area (Å²) >= 11 is 0. The molecule has 0 aliphatic carbocycles. The van der Waals surface area contributed by atoms with Crippen LogP contribution in [0.3, 0.4) is 0 Å². The normalized spacial score (nSPS) is 10.7. The number of carbonyl (C=O) groups excluding carboxylic acids is 1. The molecule has 0 aliphatic heterocycles. The maximum Gasteiger partial charge on any atom is 0.231 e. The third-order valence-corrected chi connectivity index (χ3v) is 2.30. The summed E-state index contributed by atoms with van der Waals surface area (Å²) in [6.45, 7) is 0.860. The van der Waals surface area contributed by atoms with Gasteiger partial charge in [0.2, 0.25) is 5.91 Å². The summed E-state index contributed by atoms with van der Waals surface area (Å²) in [5, 5.41) is 4.17. The molecule has 4 N–H and O–H groups in total. The van der Waals surface area contributed by atoms with Crippen LogP contribution in [-0.4, -0.2) is 17.4 Å². The number of hydrogen-bond acceptors (Lipinski definition) is 2. The minimum absolute atomic E-state index is 0.209. The van der Waals surface area contributed by atoms with Crippen LogP contribution in [0, 0.1) is 0 Å². The summed E-state index contributed by atoms with van der Waals surface area (Å²) in [5.41, 5.74) is 7.31. The molecule has 0 fully saturated rings. The number of benzene rings is 1. The highest BCUT2D eigenvalue weighted by Gasteiger charge is 2.01. The van der Waals surface area contributed by atoms with E-state index in [1.165, 1.54) is 5.39 Å². The van der Waals surface area contributed by atoms with Crippen molar-refractivity contribution in [2.45, 2.75) is 6.54 Å². The molecule has 0 saturated heterocycles. The Morgan fingerprint density at radius 1 is 1.40 bits per heavy atom. The fourth-order valence-corrected chi connectivity index (χ4v) is 1.63. The molecule has 0 spiro atoms. The van der Waals surface area contributed by atoms with E-state index < -0.39 is 0 Å². The van der Waals surface area contributed by atoms with Crippen molar-refractivity contribution in [2.24, 2.45) is 5.73 Å². The van der Waals surface area contributed by atoms with Crippen molar-refractivity contribution in [1.29, 1.82) is 0 Å². The number of rotatable bonds is 4. The van der Waals surface area contributed by atoms with Crippen LogP contribution >= 0.6 is 0 Å². The van der Waals surface area contributed by atoms with Gasteiger partial charge in [-0.3, -0.25) is 4.79 Å². The summed E-state index contributed by atoms with van der Waals surface area (Å²) in [5.74, 6) is -0.337. The van der Waals surface area contributed by atoms with E-state index in [1.807, 2.05) is 30.5 Å². The van der Waals surface area contributed by atoms with E-state index >= 15 is 0 Å². The Bertz CT molecular complexity index is 475. The quantitative estimate of drug-likeness (QED) is 0.686. The van der Waals surface area contributed by atoms with Crippen LogP contribution < -0.4 is 11.1 Å². The number of nitrogens with one attached hydrogen (secondary N) is 2. The number of H-pyrrole nitrogens is 1. The van der Waals surface area contributed by atoms with Crippen molar-refractivity contribution in [2.75, 3.05) is 6.54 Å². The van der Waals surface area contributed by atoms with Gasteiger partial charge < -0.3 is 16.0 Å². The maximum atomic E-state index is 10.6. The molecular formula is C11H13N3O. The second kappa shape index (κ2) is 4.14. The number of carbonyl (C=O) groups is 1. The predicted molar refractivity (Wildman–Crippen MR) is 59.2 cm³/mol. The lowest BCUT2D eigenvalue weighted by atomic mass is 10.1. The molecule has 0 atom stereocenters. The van der Waals surface area contributed by atoms with Gasteiger partial charge in [0.25, 0.3) is 0 Å². The van der Waals surface area contributed by atoms with Crippen molar-refractivity contribution >= 4 is 16.8 Å². The van der Waals surface area contributed by atoms with Crippen molar-refractivity contribution in [3.8, 4) is 0 Å². The summed E-state index contributed by atoms with van der Waals surface area (Å²) < 4.78 is 0. The molecule has 2 aromatic rings. The Labute approximate surface area is 87.5 Å². The van der Waals surface area contributed by atoms with Crippen LogP contribution in [0.5, 0.6) is 0 Å². The molecule has 0 saturated carbocycles. The van der Waals surface area contributed by atoms with Crippen LogP contribution in [0.25, 0.3) is 10.9 Å². The number of aromatic nitrogens is 1. The summed E-state index contributed by atoms with van der Waals surface area (Å²) in [4.78, 5) is 13.7. The van der Waals surface area contributed by atoms with E-state index in [1.54, 1.807) is 0 Å². The van der Waals surface area contributed by atoms with Crippen molar-refractivity contribution in [3.05, 3.63) is 36.0 Å². The van der Waals surface area contributed by atoms with Crippen LogP contribution in [0.4, 0.5) is 0 Å². The number of aromatic amines is 1. The Kier molecular flexibility index (Phi) is 2.69. The van der Waals surface area contributed by atoms with Gasteiger partial charge in [0, 0.05) is 23.6 Å². The van der Waals surface area contributed by atoms with Gasteiger partial charge in [0.1, 0.15) is 0 Å². The van der Waals surface area contributed by atoms with Gasteiger partial charge in [0.05, 0.1) is 6.54 Å². The molecule has 4 heteroatoms. The molecule has 0 unspecified atom stereocenters. The van der Waals surface area contributed by atoms with E-state index in [9.17, 15) is 4.79 Å². The monoisotopic (exact) mass is 203 g/mol. The number of primary amides is 1. The van der Waals surface area contributed by atoms with Gasteiger partial charge in [-0.2, -0.15) is 0 Å². The first kappa shape index (κ1) is 9.73. The first-order chi connectivity index (χ1) is 7.27. The zero-order valence-electron chi connectivity index (χ0n) is 8.29. The van der Waals surface area contributed by atoms with Crippen molar-refractivity contribution in [3.63, 3.8) is 0 Å². The van der Waals surface area contributed by atoms with Crippen LogP contribution in [-0.2, 0) is 11.3 Å². The molecule has 2 rings (SSSR count). The topological polar surface area (TPSA) is 70.9 Å². The minimum atomic E-state index is -0.337. The molecule has 15 heavy (non-hydrogen) atoms. The van der Waals surface area contributed by atoms with E-state index in [0.717, 1.165) is 11.1 Å². The minimum Gasteiger partial charge on any atom is -0.369 e. The predicted octanol–water partition coefficient (Wildman–Crippen LogP) is 0.743. The SMILES string of the molecule is NC(=O)CNCc1cccc2[nH]ccc12. The zero-order chi connectivity index (χ0) is 10.7. The molecule has 0 bridgehead atoms. The van der Waals surface area contributed by atoms with Crippen LogP contribution in [0.1, 0.15) is 5.56 Å². The number of nitrogens with two attached hydrogens (primary N) is 1. The smallest absolute Gasteiger partial charge is 0.231 e. The average molecular weight is 203 g/mol. The summed E-state index contributed by atoms with van der Waals surface area (Å²) in [7, 11) is 0. The Morgan fingerprint density at radius 2 is 2.27 bits per heavy atom. The van der Waals surface area contributed by atoms with E-state index in [2.05, 4.69) is 10.3 Å².